The maximum Gasteiger partial charge on any atom is 0.254 e. The Morgan fingerprint density at radius 2 is 1.95 bits per heavy atom. The maximum absolute atomic E-state index is 12.2. The number of aliphatic hydroxyl groups is 1. The van der Waals surface area contributed by atoms with Crippen molar-refractivity contribution in [3.05, 3.63) is 17.7 Å². The average molecular weight is 269 g/mol. The van der Waals surface area contributed by atoms with E-state index < -0.39 is 29.2 Å². The molecule has 1 heterocycles. The zero-order valence-electron chi connectivity index (χ0n) is 10.1. The van der Waals surface area contributed by atoms with E-state index in [9.17, 15) is 25.2 Å². The lowest BCUT2D eigenvalue weighted by Gasteiger charge is -2.34. The third-order valence-electron chi connectivity index (χ3n) is 3.02. The van der Waals surface area contributed by atoms with Crippen molar-refractivity contribution < 1.29 is 30.0 Å². The molecule has 1 unspecified atom stereocenters. The Morgan fingerprint density at radius 3 is 2.53 bits per heavy atom. The van der Waals surface area contributed by atoms with Crippen molar-refractivity contribution in [2.24, 2.45) is 0 Å². The van der Waals surface area contributed by atoms with Crippen LogP contribution in [0.1, 0.15) is 10.4 Å². The first-order valence-corrected chi connectivity index (χ1v) is 5.79. The summed E-state index contributed by atoms with van der Waals surface area (Å²) in [5, 5.41) is 37.2. The van der Waals surface area contributed by atoms with E-state index in [-0.39, 0.29) is 18.8 Å². The topological polar surface area (TPSA) is 110 Å². The Hall–Kier alpha value is -1.99. The Morgan fingerprint density at radius 1 is 1.32 bits per heavy atom. The number of carbonyl (C=O) groups is 1. The van der Waals surface area contributed by atoms with Crippen LogP contribution in [0.5, 0.6) is 17.2 Å². The minimum absolute atomic E-state index is 0.0353. The van der Waals surface area contributed by atoms with Gasteiger partial charge in [0.1, 0.15) is 0 Å². The molecule has 19 heavy (non-hydrogen) atoms. The molecule has 0 bridgehead atoms. The molecule has 1 fully saturated rings. The number of carbonyl (C=O) groups excluding carboxylic acids is 1. The largest absolute Gasteiger partial charge is 0.504 e. The first-order chi connectivity index (χ1) is 9.04. The third-order valence-corrected chi connectivity index (χ3v) is 3.02. The van der Waals surface area contributed by atoms with Gasteiger partial charge in [-0.2, -0.15) is 0 Å². The summed E-state index contributed by atoms with van der Waals surface area (Å²) in [6.07, 6.45) is 0. The summed E-state index contributed by atoms with van der Waals surface area (Å²) >= 11 is 0. The quantitative estimate of drug-likeness (QED) is 0.546. The fourth-order valence-corrected chi connectivity index (χ4v) is 1.97. The molecule has 0 radical (unpaired) electrons. The molecule has 7 nitrogen and oxygen atoms in total. The second-order valence-electron chi connectivity index (χ2n) is 4.27. The lowest BCUT2D eigenvalue weighted by Crippen LogP contribution is -2.50. The van der Waals surface area contributed by atoms with Gasteiger partial charge < -0.3 is 30.1 Å². The van der Waals surface area contributed by atoms with Crippen molar-refractivity contribution in [2.45, 2.75) is 6.04 Å². The molecule has 1 aliphatic rings. The van der Waals surface area contributed by atoms with Gasteiger partial charge in [0, 0.05) is 12.1 Å². The molecule has 0 saturated carbocycles. The van der Waals surface area contributed by atoms with Gasteiger partial charge >= 0.3 is 0 Å². The number of hydrogen-bond donors (Lipinski definition) is 4. The first kappa shape index (κ1) is 13.4. The van der Waals surface area contributed by atoms with Crippen LogP contribution in [0, 0.1) is 0 Å². The number of phenolic OH excluding ortho intramolecular Hbond substituents is 3. The number of aromatic hydroxyl groups is 3. The first-order valence-electron chi connectivity index (χ1n) is 5.79. The van der Waals surface area contributed by atoms with E-state index in [0.29, 0.717) is 13.2 Å². The van der Waals surface area contributed by atoms with E-state index in [4.69, 9.17) is 4.74 Å². The summed E-state index contributed by atoms with van der Waals surface area (Å²) in [7, 11) is 0. The van der Waals surface area contributed by atoms with Gasteiger partial charge in [0.05, 0.1) is 25.9 Å². The second-order valence-corrected chi connectivity index (χ2v) is 4.27. The molecular weight excluding hydrogens is 254 g/mol. The number of morpholine rings is 1. The highest BCUT2D eigenvalue weighted by atomic mass is 16.5. The van der Waals surface area contributed by atoms with Crippen LogP contribution < -0.4 is 0 Å². The molecule has 0 aromatic heterocycles. The number of nitrogens with zero attached hydrogens (tertiary/aromatic N) is 1. The standard InChI is InChI=1S/C12H15NO6/c14-5-8-6-19-2-1-13(8)12(18)7-3-9(15)11(17)10(16)4-7/h3-4,8,14-17H,1-2,5-6H2. The van der Waals surface area contributed by atoms with Gasteiger partial charge in [0.25, 0.3) is 5.91 Å². The normalized spacial score (nSPS) is 19.4. The third kappa shape index (κ3) is 2.56. The van der Waals surface area contributed by atoms with Crippen LogP contribution in [-0.4, -0.2) is 63.6 Å². The van der Waals surface area contributed by atoms with Crippen molar-refractivity contribution >= 4 is 5.91 Å². The Balaban J connectivity index is 2.28. The molecule has 1 aromatic carbocycles. The van der Waals surface area contributed by atoms with Gasteiger partial charge in [0.2, 0.25) is 0 Å². The van der Waals surface area contributed by atoms with Crippen molar-refractivity contribution in [3.8, 4) is 17.2 Å². The zero-order chi connectivity index (χ0) is 14.0. The number of aliphatic hydroxyl groups excluding tert-OH is 1. The molecule has 4 N–H and O–H groups in total. The van der Waals surface area contributed by atoms with Crippen LogP contribution in [0.25, 0.3) is 0 Å². The number of rotatable bonds is 2. The number of benzene rings is 1. The van der Waals surface area contributed by atoms with Crippen LogP contribution in [0.4, 0.5) is 0 Å². The molecule has 7 heteroatoms. The van der Waals surface area contributed by atoms with E-state index in [1.807, 2.05) is 0 Å². The Bertz CT molecular complexity index is 466. The van der Waals surface area contributed by atoms with Gasteiger partial charge in [-0.25, -0.2) is 0 Å². The minimum Gasteiger partial charge on any atom is -0.504 e. The highest BCUT2D eigenvalue weighted by molar-refractivity contribution is 5.95. The lowest BCUT2D eigenvalue weighted by atomic mass is 10.1. The number of ether oxygens (including phenoxy) is 1. The van der Waals surface area contributed by atoms with E-state index in [1.165, 1.54) is 4.90 Å². The fraction of sp³-hybridized carbons (Fsp3) is 0.417. The SMILES string of the molecule is O=C(c1cc(O)c(O)c(O)c1)N1CCOCC1CO. The summed E-state index contributed by atoms with van der Waals surface area (Å²) in [6.45, 7) is 0.671. The lowest BCUT2D eigenvalue weighted by molar-refractivity contribution is -0.0184. The highest BCUT2D eigenvalue weighted by Gasteiger charge is 2.28. The summed E-state index contributed by atoms with van der Waals surface area (Å²) in [5.41, 5.74) is 0.0353. The van der Waals surface area contributed by atoms with Crippen LogP contribution in [-0.2, 0) is 4.74 Å². The molecule has 1 aromatic rings. The Labute approximate surface area is 109 Å². The van der Waals surface area contributed by atoms with Gasteiger partial charge in [-0.1, -0.05) is 0 Å². The van der Waals surface area contributed by atoms with Crippen molar-refractivity contribution in [1.82, 2.24) is 4.90 Å². The predicted octanol–water partition coefficient (Wildman–Crippen LogP) is -0.363. The molecule has 0 aliphatic carbocycles. The van der Waals surface area contributed by atoms with Crippen LogP contribution in [0.15, 0.2) is 12.1 Å². The molecule has 1 amide bonds. The summed E-state index contributed by atoms with van der Waals surface area (Å²) in [6, 6.07) is 1.68. The van der Waals surface area contributed by atoms with Gasteiger partial charge in [-0.15, -0.1) is 0 Å². The van der Waals surface area contributed by atoms with Crippen molar-refractivity contribution in [3.63, 3.8) is 0 Å². The van der Waals surface area contributed by atoms with E-state index >= 15 is 0 Å². The maximum atomic E-state index is 12.2. The predicted molar refractivity (Wildman–Crippen MR) is 64.2 cm³/mol. The van der Waals surface area contributed by atoms with Crippen molar-refractivity contribution in [1.29, 1.82) is 0 Å². The molecule has 104 valence electrons. The van der Waals surface area contributed by atoms with E-state index in [2.05, 4.69) is 0 Å². The van der Waals surface area contributed by atoms with E-state index in [1.54, 1.807) is 0 Å². The smallest absolute Gasteiger partial charge is 0.254 e. The number of phenols is 3. The Kier molecular flexibility index (Phi) is 3.77. The molecule has 0 spiro atoms. The summed E-state index contributed by atoms with van der Waals surface area (Å²) in [5.74, 6) is -2.26. The summed E-state index contributed by atoms with van der Waals surface area (Å²) < 4.78 is 5.16. The molecule has 2 rings (SSSR count). The highest BCUT2D eigenvalue weighted by Crippen LogP contribution is 2.35. The zero-order valence-corrected chi connectivity index (χ0v) is 10.1. The van der Waals surface area contributed by atoms with Gasteiger partial charge in [-0.05, 0) is 12.1 Å². The number of hydrogen-bond acceptors (Lipinski definition) is 6. The van der Waals surface area contributed by atoms with Crippen molar-refractivity contribution in [2.75, 3.05) is 26.4 Å². The van der Waals surface area contributed by atoms with Gasteiger partial charge in [-0.3, -0.25) is 4.79 Å². The van der Waals surface area contributed by atoms with Gasteiger partial charge in [0.15, 0.2) is 17.2 Å². The molecule has 1 atom stereocenters. The van der Waals surface area contributed by atoms with Crippen LogP contribution in [0.3, 0.4) is 0 Å². The second kappa shape index (κ2) is 5.33. The molecule has 1 aliphatic heterocycles. The number of amides is 1. The molecular formula is C12H15NO6. The monoisotopic (exact) mass is 269 g/mol. The average Bonchev–Trinajstić information content (AvgIpc) is 2.43. The van der Waals surface area contributed by atoms with E-state index in [0.717, 1.165) is 12.1 Å². The minimum atomic E-state index is -0.669. The van der Waals surface area contributed by atoms with Crippen LogP contribution in [0.2, 0.25) is 0 Å². The summed E-state index contributed by atoms with van der Waals surface area (Å²) in [4.78, 5) is 13.7. The molecule has 1 saturated heterocycles. The fourth-order valence-electron chi connectivity index (χ4n) is 1.97. The van der Waals surface area contributed by atoms with Crippen LogP contribution >= 0.6 is 0 Å².